The van der Waals surface area contributed by atoms with Crippen molar-refractivity contribution < 1.29 is 22.7 Å². The van der Waals surface area contributed by atoms with Crippen molar-refractivity contribution >= 4 is 50.8 Å². The quantitative estimate of drug-likeness (QED) is 0.328. The fourth-order valence-corrected chi connectivity index (χ4v) is 6.33. The Hall–Kier alpha value is -2.55. The number of benzene rings is 2. The summed E-state index contributed by atoms with van der Waals surface area (Å²) in [5.74, 6) is -0.378. The first kappa shape index (κ1) is 28.0. The van der Waals surface area contributed by atoms with Gasteiger partial charge >= 0.3 is 5.97 Å². The molecule has 1 fully saturated rings. The largest absolute Gasteiger partial charge is 0.452 e. The van der Waals surface area contributed by atoms with Crippen LogP contribution < -0.4 is 9.62 Å². The Morgan fingerprint density at radius 1 is 1.14 bits per heavy atom. The SMILES string of the molecule is C=CCN(c1ccc(Cl)cc1)S(=O)(=O)c1cc(C(=O)OCC(=O)N[C@@H]2CCC[C@H](C)[C@@H]2C)ccc1Cl. The third kappa shape index (κ3) is 6.60. The molecule has 1 N–H and O–H groups in total. The highest BCUT2D eigenvalue weighted by atomic mass is 35.5. The molecule has 2 aromatic carbocycles. The molecule has 3 rings (SSSR count). The fourth-order valence-electron chi connectivity index (χ4n) is 4.26. The summed E-state index contributed by atoms with van der Waals surface area (Å²) in [5, 5.41) is 3.33. The van der Waals surface area contributed by atoms with Crippen molar-refractivity contribution in [2.45, 2.75) is 44.0 Å². The zero-order valence-electron chi connectivity index (χ0n) is 20.2. The van der Waals surface area contributed by atoms with E-state index in [9.17, 15) is 18.0 Å². The second-order valence-corrected chi connectivity index (χ2v) is 11.6. The molecule has 0 aromatic heterocycles. The van der Waals surface area contributed by atoms with Crippen LogP contribution in [0.5, 0.6) is 0 Å². The van der Waals surface area contributed by atoms with Crippen LogP contribution in [0.3, 0.4) is 0 Å². The predicted molar refractivity (Wildman–Crippen MR) is 142 cm³/mol. The number of sulfonamides is 1. The van der Waals surface area contributed by atoms with Crippen LogP contribution in [0.15, 0.2) is 60.0 Å². The van der Waals surface area contributed by atoms with Crippen LogP contribution in [-0.4, -0.2) is 39.5 Å². The number of carbonyl (C=O) groups excluding carboxylic acids is 2. The Morgan fingerprint density at radius 2 is 1.83 bits per heavy atom. The third-order valence-electron chi connectivity index (χ3n) is 6.53. The summed E-state index contributed by atoms with van der Waals surface area (Å²) >= 11 is 12.2. The van der Waals surface area contributed by atoms with E-state index in [0.29, 0.717) is 22.5 Å². The monoisotopic (exact) mass is 552 g/mol. The first-order chi connectivity index (χ1) is 17.0. The van der Waals surface area contributed by atoms with Crippen molar-refractivity contribution in [1.29, 1.82) is 0 Å². The highest BCUT2D eigenvalue weighted by Crippen LogP contribution is 2.31. The van der Waals surface area contributed by atoms with Gasteiger partial charge in [-0.25, -0.2) is 13.2 Å². The van der Waals surface area contributed by atoms with Crippen molar-refractivity contribution in [1.82, 2.24) is 5.32 Å². The van der Waals surface area contributed by atoms with E-state index in [-0.39, 0.29) is 28.1 Å². The van der Waals surface area contributed by atoms with Crippen molar-refractivity contribution in [2.75, 3.05) is 17.5 Å². The molecule has 36 heavy (non-hydrogen) atoms. The van der Waals surface area contributed by atoms with E-state index in [1.54, 1.807) is 24.3 Å². The number of anilines is 1. The van der Waals surface area contributed by atoms with E-state index >= 15 is 0 Å². The Kier molecular flexibility index (Phi) is 9.44. The maximum atomic E-state index is 13.5. The Bertz CT molecular complexity index is 1220. The predicted octanol–water partition coefficient (Wildman–Crippen LogP) is 5.47. The topological polar surface area (TPSA) is 92.8 Å². The number of ether oxygens (including phenoxy) is 1. The minimum atomic E-state index is -4.18. The molecule has 1 aliphatic rings. The molecule has 0 radical (unpaired) electrons. The average molecular weight is 554 g/mol. The van der Waals surface area contributed by atoms with Gasteiger partial charge in [0.05, 0.1) is 22.8 Å². The minimum absolute atomic E-state index is 0.0344. The molecule has 7 nitrogen and oxygen atoms in total. The summed E-state index contributed by atoms with van der Waals surface area (Å²) in [6, 6.07) is 10.1. The number of halogens is 2. The van der Waals surface area contributed by atoms with E-state index in [4.69, 9.17) is 27.9 Å². The summed E-state index contributed by atoms with van der Waals surface area (Å²) in [5.41, 5.74) is 0.311. The van der Waals surface area contributed by atoms with E-state index in [1.807, 2.05) is 0 Å². The van der Waals surface area contributed by atoms with Crippen LogP contribution in [0.2, 0.25) is 10.0 Å². The number of nitrogens with zero attached hydrogens (tertiary/aromatic N) is 1. The molecular weight excluding hydrogens is 523 g/mol. The zero-order chi connectivity index (χ0) is 26.5. The molecule has 2 aromatic rings. The van der Waals surface area contributed by atoms with Gasteiger partial charge in [0.25, 0.3) is 15.9 Å². The highest BCUT2D eigenvalue weighted by Gasteiger charge is 2.30. The zero-order valence-corrected chi connectivity index (χ0v) is 22.6. The maximum absolute atomic E-state index is 13.5. The first-order valence-electron chi connectivity index (χ1n) is 11.7. The van der Waals surface area contributed by atoms with Crippen molar-refractivity contribution in [3.05, 3.63) is 70.7 Å². The molecule has 0 bridgehead atoms. The molecule has 3 atom stereocenters. The van der Waals surface area contributed by atoms with Gasteiger partial charge in [0, 0.05) is 11.1 Å². The lowest BCUT2D eigenvalue weighted by atomic mass is 9.78. The van der Waals surface area contributed by atoms with Gasteiger partial charge in [0.1, 0.15) is 4.90 Å². The fraction of sp³-hybridized carbons (Fsp3) is 0.385. The van der Waals surface area contributed by atoms with Crippen LogP contribution in [0.1, 0.15) is 43.5 Å². The van der Waals surface area contributed by atoms with E-state index in [0.717, 1.165) is 29.6 Å². The number of hydrogen-bond acceptors (Lipinski definition) is 5. The first-order valence-corrected chi connectivity index (χ1v) is 13.9. The molecule has 0 aliphatic heterocycles. The molecule has 10 heteroatoms. The molecule has 1 aliphatic carbocycles. The van der Waals surface area contributed by atoms with Crippen molar-refractivity contribution in [2.24, 2.45) is 11.8 Å². The van der Waals surface area contributed by atoms with E-state index in [1.165, 1.54) is 18.2 Å². The van der Waals surface area contributed by atoms with E-state index < -0.39 is 28.5 Å². The van der Waals surface area contributed by atoms with E-state index in [2.05, 4.69) is 25.7 Å². The maximum Gasteiger partial charge on any atom is 0.338 e. The average Bonchev–Trinajstić information content (AvgIpc) is 2.84. The Morgan fingerprint density at radius 3 is 2.50 bits per heavy atom. The lowest BCUT2D eigenvalue weighted by molar-refractivity contribution is -0.125. The molecule has 0 unspecified atom stereocenters. The highest BCUT2D eigenvalue weighted by molar-refractivity contribution is 7.93. The van der Waals surface area contributed by atoms with Gasteiger partial charge in [0.15, 0.2) is 6.61 Å². The number of rotatable bonds is 9. The van der Waals surface area contributed by atoms with Crippen LogP contribution in [0, 0.1) is 11.8 Å². The Labute approximate surface area is 222 Å². The lowest BCUT2D eigenvalue weighted by Gasteiger charge is -2.34. The smallest absolute Gasteiger partial charge is 0.338 e. The Balaban J connectivity index is 1.75. The van der Waals surface area contributed by atoms with Gasteiger partial charge in [-0.2, -0.15) is 0 Å². The van der Waals surface area contributed by atoms with Crippen LogP contribution in [0.4, 0.5) is 5.69 Å². The van der Waals surface area contributed by atoms with Crippen LogP contribution in [0.25, 0.3) is 0 Å². The van der Waals surface area contributed by atoms with Gasteiger partial charge in [-0.15, -0.1) is 6.58 Å². The van der Waals surface area contributed by atoms with Crippen LogP contribution >= 0.6 is 23.2 Å². The summed E-state index contributed by atoms with van der Waals surface area (Å²) in [6.45, 7) is 7.41. The molecule has 1 saturated carbocycles. The van der Waals surface area contributed by atoms with Crippen LogP contribution in [-0.2, 0) is 19.6 Å². The molecule has 0 heterocycles. The van der Waals surface area contributed by atoms with Gasteiger partial charge in [-0.3, -0.25) is 9.10 Å². The summed E-state index contributed by atoms with van der Waals surface area (Å²) < 4.78 is 33.3. The third-order valence-corrected chi connectivity index (χ3v) is 9.06. The molecule has 1 amide bonds. The number of amides is 1. The number of nitrogens with one attached hydrogen (secondary N) is 1. The second kappa shape index (κ2) is 12.1. The van der Waals surface area contributed by atoms with Crippen molar-refractivity contribution in [3.63, 3.8) is 0 Å². The molecule has 0 spiro atoms. The van der Waals surface area contributed by atoms with Crippen molar-refractivity contribution in [3.8, 4) is 0 Å². The summed E-state index contributed by atoms with van der Waals surface area (Å²) in [7, 11) is -4.18. The normalized spacial score (nSPS) is 19.8. The lowest BCUT2D eigenvalue weighted by Crippen LogP contribution is -2.45. The number of esters is 1. The van der Waals surface area contributed by atoms with Gasteiger partial charge < -0.3 is 10.1 Å². The molecule has 194 valence electrons. The van der Waals surface area contributed by atoms with Gasteiger partial charge in [0.2, 0.25) is 0 Å². The number of hydrogen-bond donors (Lipinski definition) is 1. The summed E-state index contributed by atoms with van der Waals surface area (Å²) in [4.78, 5) is 24.8. The number of carbonyl (C=O) groups is 2. The standard InChI is InChI=1S/C26H30Cl2N2O5S/c1-4-14-30(21-11-9-20(27)10-12-21)36(33,34)24-15-19(8-13-22(24)28)26(32)35-16-25(31)29-23-7-5-6-17(2)18(23)3/h4,8-13,15,17-18,23H,1,5-7,14,16H2,2-3H3,(H,29,31)/t17-,18-,23+/m0/s1. The molecular formula is C26H30Cl2N2O5S. The minimum Gasteiger partial charge on any atom is -0.452 e. The van der Waals surface area contributed by atoms with Gasteiger partial charge in [-0.05, 0) is 60.7 Å². The second-order valence-electron chi connectivity index (χ2n) is 8.96. The molecule has 0 saturated heterocycles. The van der Waals surface area contributed by atoms with Gasteiger partial charge in [-0.1, -0.05) is 56.0 Å². The summed E-state index contributed by atoms with van der Waals surface area (Å²) in [6.07, 6.45) is 4.49.